The highest BCUT2D eigenvalue weighted by Crippen LogP contribution is 2.87. The normalized spacial score (nSPS) is 44.1. The van der Waals surface area contributed by atoms with Crippen LogP contribution in [0.15, 0.2) is 53.0 Å². The number of fused-ring (bicyclic) bond motifs is 2. The molecule has 1 heteroatoms. The number of rotatable bonds is 1. The second-order valence-electron chi connectivity index (χ2n) is 4.76. The predicted octanol–water partition coefficient (Wildman–Crippen LogP) is 3.65. The second-order valence-corrected chi connectivity index (χ2v) is 5.68. The van der Waals surface area contributed by atoms with Crippen molar-refractivity contribution in [1.82, 2.24) is 0 Å². The highest BCUT2D eigenvalue weighted by molar-refractivity contribution is 9.11. The van der Waals surface area contributed by atoms with Crippen molar-refractivity contribution in [3.63, 3.8) is 0 Å². The summed E-state index contributed by atoms with van der Waals surface area (Å²) in [6.07, 6.45) is 6.80. The molecule has 0 heterocycles. The van der Waals surface area contributed by atoms with Gasteiger partial charge in [-0.05, 0) is 21.9 Å². The maximum absolute atomic E-state index is 3.70. The standard InChI is InChI=1S/C14H11Br/c15-11-8-4-7-10-12-13(11)14(10,12)9-5-2-1-3-6-9/h1-8,10,12-13H. The van der Waals surface area contributed by atoms with Crippen molar-refractivity contribution in [2.75, 3.05) is 0 Å². The zero-order valence-corrected chi connectivity index (χ0v) is 9.81. The van der Waals surface area contributed by atoms with E-state index >= 15 is 0 Å². The number of benzene rings is 1. The lowest BCUT2D eigenvalue weighted by molar-refractivity contribution is 0.582. The summed E-state index contributed by atoms with van der Waals surface area (Å²) >= 11 is 3.70. The highest BCUT2D eigenvalue weighted by Gasteiger charge is 2.86. The van der Waals surface area contributed by atoms with Gasteiger partial charge in [-0.2, -0.15) is 0 Å². The van der Waals surface area contributed by atoms with Gasteiger partial charge in [-0.15, -0.1) is 0 Å². The minimum absolute atomic E-state index is 0.476. The molecule has 4 atom stereocenters. The summed E-state index contributed by atoms with van der Waals surface area (Å²) in [5, 5.41) is 0. The molecule has 15 heavy (non-hydrogen) atoms. The Hall–Kier alpha value is -0.820. The van der Waals surface area contributed by atoms with Gasteiger partial charge in [0.2, 0.25) is 0 Å². The van der Waals surface area contributed by atoms with Crippen molar-refractivity contribution in [2.24, 2.45) is 17.8 Å². The lowest BCUT2D eigenvalue weighted by Gasteiger charge is -2.15. The third-order valence-electron chi connectivity index (χ3n) is 4.29. The van der Waals surface area contributed by atoms with E-state index < -0.39 is 0 Å². The number of allylic oxidation sites excluding steroid dienone is 4. The van der Waals surface area contributed by atoms with Crippen molar-refractivity contribution in [1.29, 1.82) is 0 Å². The summed E-state index contributed by atoms with van der Waals surface area (Å²) in [7, 11) is 0. The first-order chi connectivity index (χ1) is 7.37. The van der Waals surface area contributed by atoms with Gasteiger partial charge in [-0.3, -0.25) is 0 Å². The first-order valence-corrected chi connectivity index (χ1v) is 6.25. The molecule has 3 aliphatic carbocycles. The number of hydrogen-bond acceptors (Lipinski definition) is 0. The Balaban J connectivity index is 1.83. The van der Waals surface area contributed by atoms with Crippen LogP contribution in [0.3, 0.4) is 0 Å². The van der Waals surface area contributed by atoms with Gasteiger partial charge in [0.15, 0.2) is 0 Å². The van der Waals surface area contributed by atoms with Crippen LogP contribution in [0.5, 0.6) is 0 Å². The fraction of sp³-hybridized carbons (Fsp3) is 0.286. The van der Waals surface area contributed by atoms with Crippen molar-refractivity contribution in [2.45, 2.75) is 5.41 Å². The fourth-order valence-electron chi connectivity index (χ4n) is 3.54. The van der Waals surface area contributed by atoms with Crippen molar-refractivity contribution in [3.05, 3.63) is 58.6 Å². The molecule has 2 fully saturated rings. The zero-order chi connectivity index (χ0) is 10.0. The Labute approximate surface area is 97.8 Å². The van der Waals surface area contributed by atoms with E-state index in [4.69, 9.17) is 0 Å². The van der Waals surface area contributed by atoms with E-state index in [2.05, 4.69) is 64.5 Å². The van der Waals surface area contributed by atoms with E-state index in [-0.39, 0.29) is 0 Å². The quantitative estimate of drug-likeness (QED) is 0.722. The molecule has 1 aromatic rings. The van der Waals surface area contributed by atoms with Crippen LogP contribution in [0, 0.1) is 17.8 Å². The largest absolute Gasteiger partial charge is 0.0801 e. The summed E-state index contributed by atoms with van der Waals surface area (Å²) in [4.78, 5) is 0. The molecule has 0 nitrogen and oxygen atoms in total. The van der Waals surface area contributed by atoms with E-state index in [0.29, 0.717) is 5.41 Å². The molecule has 0 bridgehead atoms. The average Bonchev–Trinajstić information content (AvgIpc) is 3.09. The van der Waals surface area contributed by atoms with Gasteiger partial charge >= 0.3 is 0 Å². The zero-order valence-electron chi connectivity index (χ0n) is 8.23. The number of halogens is 1. The Morgan fingerprint density at radius 2 is 1.93 bits per heavy atom. The third kappa shape index (κ3) is 0.807. The van der Waals surface area contributed by atoms with Gasteiger partial charge < -0.3 is 0 Å². The molecule has 0 aliphatic heterocycles. The lowest BCUT2D eigenvalue weighted by atomic mass is 9.91. The minimum Gasteiger partial charge on any atom is -0.0801 e. The first-order valence-electron chi connectivity index (χ1n) is 5.46. The summed E-state index contributed by atoms with van der Waals surface area (Å²) in [6, 6.07) is 11.0. The molecule has 0 N–H and O–H groups in total. The Morgan fingerprint density at radius 3 is 2.73 bits per heavy atom. The molecule has 2 saturated carbocycles. The molecule has 4 unspecified atom stereocenters. The highest BCUT2D eigenvalue weighted by atomic mass is 79.9. The maximum Gasteiger partial charge on any atom is 0.0136 e. The van der Waals surface area contributed by atoms with Crippen molar-refractivity contribution < 1.29 is 0 Å². The van der Waals surface area contributed by atoms with E-state index in [9.17, 15) is 0 Å². The lowest BCUT2D eigenvalue weighted by Crippen LogP contribution is -2.10. The van der Waals surface area contributed by atoms with Gasteiger partial charge in [0.05, 0.1) is 0 Å². The van der Waals surface area contributed by atoms with Gasteiger partial charge in [0, 0.05) is 11.3 Å². The van der Waals surface area contributed by atoms with Crippen LogP contribution in [-0.4, -0.2) is 0 Å². The molecule has 3 aliphatic rings. The Bertz CT molecular complexity index is 485. The average molecular weight is 259 g/mol. The summed E-state index contributed by atoms with van der Waals surface area (Å²) < 4.78 is 1.39. The molecule has 0 saturated heterocycles. The van der Waals surface area contributed by atoms with E-state index in [1.165, 1.54) is 10.0 Å². The fourth-order valence-corrected chi connectivity index (χ4v) is 4.35. The van der Waals surface area contributed by atoms with Crippen LogP contribution in [0.1, 0.15) is 5.56 Å². The SMILES string of the molecule is BrC1=CC=CC2C3C1C23c1ccccc1. The summed E-state index contributed by atoms with van der Waals surface area (Å²) in [5.41, 5.74) is 2.01. The van der Waals surface area contributed by atoms with Gasteiger partial charge in [0.25, 0.3) is 0 Å². The Morgan fingerprint density at radius 1 is 1.13 bits per heavy atom. The molecular weight excluding hydrogens is 248 g/mol. The molecule has 74 valence electrons. The van der Waals surface area contributed by atoms with Gasteiger partial charge in [0.1, 0.15) is 0 Å². The maximum atomic E-state index is 3.70. The Kier molecular flexibility index (Phi) is 1.37. The smallest absolute Gasteiger partial charge is 0.0136 e. The van der Waals surface area contributed by atoms with E-state index in [1.54, 1.807) is 0 Å². The van der Waals surface area contributed by atoms with Crippen molar-refractivity contribution >= 4 is 15.9 Å². The van der Waals surface area contributed by atoms with Crippen LogP contribution in [0.4, 0.5) is 0 Å². The van der Waals surface area contributed by atoms with Gasteiger partial charge in [-0.25, -0.2) is 0 Å². The molecule has 0 spiro atoms. The second kappa shape index (κ2) is 2.46. The van der Waals surface area contributed by atoms with Crippen LogP contribution in [0.25, 0.3) is 0 Å². The monoisotopic (exact) mass is 258 g/mol. The molecular formula is C14H11Br. The first kappa shape index (κ1) is 8.35. The van der Waals surface area contributed by atoms with E-state index in [0.717, 1.165) is 17.8 Å². The van der Waals surface area contributed by atoms with Crippen LogP contribution < -0.4 is 0 Å². The number of hydrogen-bond donors (Lipinski definition) is 0. The summed E-state index contributed by atoms with van der Waals surface area (Å²) in [5.74, 6) is 2.44. The molecule has 1 aromatic carbocycles. The molecule has 0 amide bonds. The molecule has 0 radical (unpaired) electrons. The van der Waals surface area contributed by atoms with Crippen LogP contribution in [-0.2, 0) is 5.41 Å². The van der Waals surface area contributed by atoms with Crippen molar-refractivity contribution in [3.8, 4) is 0 Å². The van der Waals surface area contributed by atoms with Gasteiger partial charge in [-0.1, -0.05) is 64.5 Å². The van der Waals surface area contributed by atoms with E-state index in [1.807, 2.05) is 0 Å². The molecule has 0 aromatic heterocycles. The molecule has 4 rings (SSSR count). The topological polar surface area (TPSA) is 0 Å². The van der Waals surface area contributed by atoms with Crippen LogP contribution in [0.2, 0.25) is 0 Å². The van der Waals surface area contributed by atoms with Crippen LogP contribution >= 0.6 is 15.9 Å². The summed E-state index contributed by atoms with van der Waals surface area (Å²) in [6.45, 7) is 0. The third-order valence-corrected chi connectivity index (χ3v) is 5.05. The predicted molar refractivity (Wildman–Crippen MR) is 64.7 cm³/mol. The minimum atomic E-state index is 0.476.